The molecule has 0 bridgehead atoms. The van der Waals surface area contributed by atoms with Crippen LogP contribution in [0.3, 0.4) is 0 Å². The number of hydrogen-bond donors (Lipinski definition) is 1. The molecule has 0 saturated carbocycles. The summed E-state index contributed by atoms with van der Waals surface area (Å²) in [5.74, 6) is 0. The SMILES string of the molecule is Cc1ncsc1CN(C)CCNCCCN(C)C. The Balaban J connectivity index is 2.04. The first kappa shape index (κ1) is 15.6. The van der Waals surface area contributed by atoms with Gasteiger partial charge in [-0.3, -0.25) is 4.90 Å². The maximum absolute atomic E-state index is 4.28. The molecule has 104 valence electrons. The van der Waals surface area contributed by atoms with Crippen LogP contribution in [0.4, 0.5) is 0 Å². The minimum absolute atomic E-state index is 1.01. The van der Waals surface area contributed by atoms with Crippen LogP contribution in [0.25, 0.3) is 0 Å². The molecule has 0 aromatic carbocycles. The number of nitrogens with one attached hydrogen (secondary N) is 1. The summed E-state index contributed by atoms with van der Waals surface area (Å²) in [6.07, 6.45) is 1.21. The lowest BCUT2D eigenvalue weighted by molar-refractivity contribution is 0.323. The topological polar surface area (TPSA) is 31.4 Å². The van der Waals surface area contributed by atoms with Crippen LogP contribution >= 0.6 is 11.3 Å². The van der Waals surface area contributed by atoms with Crippen LogP contribution in [0, 0.1) is 6.92 Å². The number of likely N-dealkylation sites (N-methyl/N-ethyl adjacent to an activating group) is 1. The molecule has 0 radical (unpaired) electrons. The number of thiazole rings is 1. The largest absolute Gasteiger partial charge is 0.315 e. The highest BCUT2D eigenvalue weighted by molar-refractivity contribution is 7.09. The second-order valence-electron chi connectivity index (χ2n) is 5.01. The highest BCUT2D eigenvalue weighted by Gasteiger charge is 2.04. The van der Waals surface area contributed by atoms with Gasteiger partial charge >= 0.3 is 0 Å². The van der Waals surface area contributed by atoms with Crippen LogP contribution in [0.1, 0.15) is 17.0 Å². The number of aromatic nitrogens is 1. The molecule has 0 aliphatic carbocycles. The standard InChI is InChI=1S/C13H26N4S/c1-12-13(18-11-15-12)10-17(4)9-7-14-6-5-8-16(2)3/h11,14H,5-10H2,1-4H3. The Bertz CT molecular complexity index is 325. The number of nitrogens with zero attached hydrogens (tertiary/aromatic N) is 3. The van der Waals surface area contributed by atoms with Crippen molar-refractivity contribution in [1.29, 1.82) is 0 Å². The minimum Gasteiger partial charge on any atom is -0.315 e. The normalized spacial score (nSPS) is 11.7. The zero-order valence-corrected chi connectivity index (χ0v) is 12.9. The van der Waals surface area contributed by atoms with E-state index in [9.17, 15) is 0 Å². The molecule has 1 aromatic heterocycles. The molecule has 0 saturated heterocycles. The van der Waals surface area contributed by atoms with Gasteiger partial charge in [0, 0.05) is 24.5 Å². The summed E-state index contributed by atoms with van der Waals surface area (Å²) in [5.41, 5.74) is 3.10. The van der Waals surface area contributed by atoms with E-state index in [-0.39, 0.29) is 0 Å². The van der Waals surface area contributed by atoms with Gasteiger partial charge in [-0.15, -0.1) is 11.3 Å². The average Bonchev–Trinajstić information content (AvgIpc) is 2.69. The van der Waals surface area contributed by atoms with Gasteiger partial charge in [-0.25, -0.2) is 4.98 Å². The lowest BCUT2D eigenvalue weighted by Gasteiger charge is -2.16. The predicted molar refractivity (Wildman–Crippen MR) is 79.2 cm³/mol. The van der Waals surface area contributed by atoms with Crippen molar-refractivity contribution >= 4 is 11.3 Å². The first-order chi connectivity index (χ1) is 8.59. The maximum Gasteiger partial charge on any atom is 0.0798 e. The van der Waals surface area contributed by atoms with Crippen LogP contribution in [0.15, 0.2) is 5.51 Å². The van der Waals surface area contributed by atoms with Gasteiger partial charge in [0.2, 0.25) is 0 Å². The van der Waals surface area contributed by atoms with Crippen molar-refractivity contribution in [2.75, 3.05) is 47.3 Å². The van der Waals surface area contributed by atoms with Gasteiger partial charge < -0.3 is 10.2 Å². The van der Waals surface area contributed by atoms with Crippen LogP contribution in [0.5, 0.6) is 0 Å². The molecule has 0 fully saturated rings. The zero-order chi connectivity index (χ0) is 13.4. The molecule has 5 heteroatoms. The van der Waals surface area contributed by atoms with E-state index in [1.807, 2.05) is 5.51 Å². The molecule has 0 aliphatic rings. The zero-order valence-electron chi connectivity index (χ0n) is 12.1. The molecule has 1 rings (SSSR count). The maximum atomic E-state index is 4.28. The molecule has 1 heterocycles. The highest BCUT2D eigenvalue weighted by Crippen LogP contribution is 2.13. The summed E-state index contributed by atoms with van der Waals surface area (Å²) in [4.78, 5) is 10.2. The first-order valence-corrected chi connectivity index (χ1v) is 7.40. The Kier molecular flexibility index (Phi) is 7.42. The smallest absolute Gasteiger partial charge is 0.0798 e. The molecular weight excluding hydrogens is 244 g/mol. The lowest BCUT2D eigenvalue weighted by Crippen LogP contribution is -2.30. The van der Waals surface area contributed by atoms with E-state index in [0.717, 1.165) is 32.7 Å². The van der Waals surface area contributed by atoms with Gasteiger partial charge in [-0.05, 0) is 47.6 Å². The fourth-order valence-corrected chi connectivity index (χ4v) is 2.57. The van der Waals surface area contributed by atoms with Gasteiger partial charge in [0.15, 0.2) is 0 Å². The molecule has 0 aliphatic heterocycles. The molecule has 0 atom stereocenters. The molecule has 1 aromatic rings. The fourth-order valence-electron chi connectivity index (χ4n) is 1.72. The molecule has 1 N–H and O–H groups in total. The Hall–Kier alpha value is -0.490. The number of aryl methyl sites for hydroxylation is 1. The van der Waals surface area contributed by atoms with Crippen molar-refractivity contribution in [3.63, 3.8) is 0 Å². The third-order valence-electron chi connectivity index (χ3n) is 2.89. The van der Waals surface area contributed by atoms with Crippen LogP contribution < -0.4 is 5.32 Å². The molecule has 18 heavy (non-hydrogen) atoms. The van der Waals surface area contributed by atoms with E-state index in [2.05, 4.69) is 48.2 Å². The number of rotatable bonds is 9. The van der Waals surface area contributed by atoms with Crippen molar-refractivity contribution < 1.29 is 0 Å². The Morgan fingerprint density at radius 1 is 1.22 bits per heavy atom. The summed E-state index contributed by atoms with van der Waals surface area (Å²) in [6.45, 7) is 7.49. The van der Waals surface area contributed by atoms with E-state index in [1.165, 1.54) is 17.0 Å². The van der Waals surface area contributed by atoms with Crippen LogP contribution in [-0.4, -0.2) is 62.1 Å². The first-order valence-electron chi connectivity index (χ1n) is 6.52. The molecule has 0 spiro atoms. The third kappa shape index (κ3) is 6.44. The monoisotopic (exact) mass is 270 g/mol. The van der Waals surface area contributed by atoms with Crippen molar-refractivity contribution in [1.82, 2.24) is 20.1 Å². The summed E-state index contributed by atoms with van der Waals surface area (Å²) in [5, 5.41) is 3.49. The van der Waals surface area contributed by atoms with E-state index in [0.29, 0.717) is 0 Å². The van der Waals surface area contributed by atoms with Crippen molar-refractivity contribution in [2.24, 2.45) is 0 Å². The highest BCUT2D eigenvalue weighted by atomic mass is 32.1. The average molecular weight is 270 g/mol. The van der Waals surface area contributed by atoms with Crippen molar-refractivity contribution in [2.45, 2.75) is 19.9 Å². The van der Waals surface area contributed by atoms with Gasteiger partial charge in [-0.1, -0.05) is 0 Å². The fraction of sp³-hybridized carbons (Fsp3) is 0.769. The second kappa shape index (κ2) is 8.58. The second-order valence-corrected chi connectivity index (χ2v) is 5.94. The third-order valence-corrected chi connectivity index (χ3v) is 3.81. The van der Waals surface area contributed by atoms with Crippen LogP contribution in [0.2, 0.25) is 0 Å². The Labute approximate surface area is 115 Å². The van der Waals surface area contributed by atoms with E-state index in [1.54, 1.807) is 11.3 Å². The molecule has 0 unspecified atom stereocenters. The van der Waals surface area contributed by atoms with Gasteiger partial charge in [-0.2, -0.15) is 0 Å². The van der Waals surface area contributed by atoms with E-state index < -0.39 is 0 Å². The summed E-state index contributed by atoms with van der Waals surface area (Å²) in [7, 11) is 6.40. The Morgan fingerprint density at radius 2 is 2.00 bits per heavy atom. The van der Waals surface area contributed by atoms with Crippen LogP contribution in [-0.2, 0) is 6.54 Å². The van der Waals surface area contributed by atoms with E-state index >= 15 is 0 Å². The van der Waals surface area contributed by atoms with Crippen molar-refractivity contribution in [3.8, 4) is 0 Å². The molecular formula is C13H26N4S. The quantitative estimate of drug-likeness (QED) is 0.688. The molecule has 4 nitrogen and oxygen atoms in total. The minimum atomic E-state index is 1.01. The van der Waals surface area contributed by atoms with Gasteiger partial charge in [0.05, 0.1) is 11.2 Å². The summed E-state index contributed by atoms with van der Waals surface area (Å²) in [6, 6.07) is 0. The Morgan fingerprint density at radius 3 is 2.61 bits per heavy atom. The lowest BCUT2D eigenvalue weighted by atomic mass is 10.3. The van der Waals surface area contributed by atoms with E-state index in [4.69, 9.17) is 0 Å². The summed E-state index contributed by atoms with van der Waals surface area (Å²) >= 11 is 1.75. The van der Waals surface area contributed by atoms with Gasteiger partial charge in [0.1, 0.15) is 0 Å². The number of hydrogen-bond acceptors (Lipinski definition) is 5. The summed E-state index contributed by atoms with van der Waals surface area (Å²) < 4.78 is 0. The van der Waals surface area contributed by atoms with Crippen molar-refractivity contribution in [3.05, 3.63) is 16.1 Å². The predicted octanol–water partition coefficient (Wildman–Crippen LogP) is 1.42. The molecule has 0 amide bonds. The van der Waals surface area contributed by atoms with Gasteiger partial charge in [0.25, 0.3) is 0 Å².